The molecule has 1 amide bonds. The van der Waals surface area contributed by atoms with Gasteiger partial charge in [0.25, 0.3) is 5.91 Å². The smallest absolute Gasteiger partial charge is 0.261 e. The normalized spacial score (nSPS) is 12.5. The summed E-state index contributed by atoms with van der Waals surface area (Å²) in [6.07, 6.45) is 0.479. The number of aliphatic hydroxyl groups is 1. The van der Waals surface area contributed by atoms with Gasteiger partial charge in [-0.15, -0.1) is 11.3 Å². The van der Waals surface area contributed by atoms with E-state index in [-0.39, 0.29) is 18.6 Å². The fourth-order valence-corrected chi connectivity index (χ4v) is 3.21. The van der Waals surface area contributed by atoms with Crippen LogP contribution in [-0.4, -0.2) is 37.4 Å². The minimum atomic E-state index is -0.169. The molecule has 1 rings (SSSR count). The molecule has 0 aliphatic heterocycles. The molecule has 1 aromatic rings. The summed E-state index contributed by atoms with van der Waals surface area (Å²) in [6.45, 7) is 0.409. The average molecular weight is 387 g/mol. The van der Waals surface area contributed by atoms with Crippen LogP contribution in [0.25, 0.3) is 0 Å². The number of amides is 1. The fourth-order valence-electron chi connectivity index (χ4n) is 1.27. The van der Waals surface area contributed by atoms with E-state index in [1.807, 2.05) is 0 Å². The first-order valence-corrected chi connectivity index (χ1v) is 7.34. The number of thiophene rings is 1. The summed E-state index contributed by atoms with van der Waals surface area (Å²) in [5.74, 6) is -0.156. The quantitative estimate of drug-likeness (QED) is 0.789. The molecule has 7 heteroatoms. The van der Waals surface area contributed by atoms with Gasteiger partial charge in [-0.05, 0) is 44.3 Å². The van der Waals surface area contributed by atoms with Crippen molar-refractivity contribution in [1.82, 2.24) is 5.32 Å². The Hall–Kier alpha value is 0.0500. The number of halogens is 2. The van der Waals surface area contributed by atoms with Crippen LogP contribution in [0.1, 0.15) is 16.1 Å². The summed E-state index contributed by atoms with van der Waals surface area (Å²) >= 11 is 8.02. The summed E-state index contributed by atoms with van der Waals surface area (Å²) in [5.41, 5.74) is 0. The molecular weight excluding hydrogens is 374 g/mol. The Morgan fingerprint density at radius 1 is 1.65 bits per heavy atom. The van der Waals surface area contributed by atoms with Gasteiger partial charge in [0.2, 0.25) is 0 Å². The minimum absolute atomic E-state index is 0.0200. The van der Waals surface area contributed by atoms with Crippen molar-refractivity contribution < 1.29 is 14.6 Å². The molecule has 17 heavy (non-hydrogen) atoms. The van der Waals surface area contributed by atoms with Gasteiger partial charge >= 0.3 is 0 Å². The standard InChI is InChI=1S/C10H13Br2NO3S/c1-16-5-6(2-3-14)13-10(15)8-4-7(11)9(12)17-8/h4,6,14H,2-3,5H2,1H3,(H,13,15). The highest BCUT2D eigenvalue weighted by molar-refractivity contribution is 9.13. The molecule has 0 aliphatic carbocycles. The number of carbonyl (C=O) groups is 1. The minimum Gasteiger partial charge on any atom is -0.396 e. The Kier molecular flexibility index (Phi) is 6.65. The molecule has 0 fully saturated rings. The molecule has 0 saturated carbocycles. The van der Waals surface area contributed by atoms with E-state index < -0.39 is 0 Å². The second-order valence-electron chi connectivity index (χ2n) is 3.37. The summed E-state index contributed by atoms with van der Waals surface area (Å²) in [7, 11) is 1.56. The topological polar surface area (TPSA) is 58.6 Å². The Bertz CT molecular complexity index is 358. The molecule has 96 valence electrons. The number of nitrogens with one attached hydrogen (secondary N) is 1. The molecule has 0 bridgehead atoms. The lowest BCUT2D eigenvalue weighted by Gasteiger charge is -2.15. The maximum Gasteiger partial charge on any atom is 0.261 e. The highest BCUT2D eigenvalue weighted by atomic mass is 79.9. The van der Waals surface area contributed by atoms with Crippen LogP contribution in [0.15, 0.2) is 14.3 Å². The molecule has 1 aromatic heterocycles. The van der Waals surface area contributed by atoms with Crippen LogP contribution < -0.4 is 5.32 Å². The zero-order chi connectivity index (χ0) is 12.8. The Morgan fingerprint density at radius 3 is 2.82 bits per heavy atom. The van der Waals surface area contributed by atoms with Gasteiger partial charge in [-0.1, -0.05) is 0 Å². The first-order valence-electron chi connectivity index (χ1n) is 4.94. The van der Waals surface area contributed by atoms with Crippen LogP contribution >= 0.6 is 43.2 Å². The van der Waals surface area contributed by atoms with Gasteiger partial charge in [-0.3, -0.25) is 4.79 Å². The van der Waals surface area contributed by atoms with Gasteiger partial charge < -0.3 is 15.2 Å². The van der Waals surface area contributed by atoms with Gasteiger partial charge in [0, 0.05) is 18.2 Å². The van der Waals surface area contributed by atoms with E-state index in [0.29, 0.717) is 17.9 Å². The largest absolute Gasteiger partial charge is 0.396 e. The second-order valence-corrected chi connectivity index (χ2v) is 6.59. The van der Waals surface area contributed by atoms with Gasteiger partial charge in [0.15, 0.2) is 0 Å². The molecule has 1 unspecified atom stereocenters. The molecule has 0 aromatic carbocycles. The molecule has 2 N–H and O–H groups in total. The fraction of sp³-hybridized carbons (Fsp3) is 0.500. The van der Waals surface area contributed by atoms with Crippen LogP contribution in [0.3, 0.4) is 0 Å². The maximum atomic E-state index is 11.9. The third-order valence-corrected chi connectivity index (χ3v) is 5.30. The summed E-state index contributed by atoms with van der Waals surface area (Å²) in [5, 5.41) is 11.7. The van der Waals surface area contributed by atoms with Crippen molar-refractivity contribution >= 4 is 49.1 Å². The molecule has 0 radical (unpaired) electrons. The average Bonchev–Trinajstić information content (AvgIpc) is 2.60. The number of aliphatic hydroxyl groups excluding tert-OH is 1. The van der Waals surface area contributed by atoms with Crippen LogP contribution in [-0.2, 0) is 4.74 Å². The van der Waals surface area contributed by atoms with Crippen molar-refractivity contribution in [1.29, 1.82) is 0 Å². The highest BCUT2D eigenvalue weighted by Crippen LogP contribution is 2.32. The van der Waals surface area contributed by atoms with Crippen molar-refractivity contribution in [2.75, 3.05) is 20.3 Å². The monoisotopic (exact) mass is 385 g/mol. The van der Waals surface area contributed by atoms with Gasteiger partial charge in [0.1, 0.15) is 0 Å². The predicted octanol–water partition coefficient (Wildman–Crippen LogP) is 2.40. The third kappa shape index (κ3) is 4.67. The number of rotatable bonds is 6. The Balaban J connectivity index is 2.63. The lowest BCUT2D eigenvalue weighted by molar-refractivity contribution is 0.0882. The van der Waals surface area contributed by atoms with E-state index in [1.54, 1.807) is 13.2 Å². The summed E-state index contributed by atoms with van der Waals surface area (Å²) in [6, 6.07) is 1.59. The number of ether oxygens (including phenoxy) is 1. The number of methoxy groups -OCH3 is 1. The van der Waals surface area contributed by atoms with Crippen molar-refractivity contribution in [2.24, 2.45) is 0 Å². The van der Waals surface area contributed by atoms with Crippen molar-refractivity contribution in [3.8, 4) is 0 Å². The zero-order valence-electron chi connectivity index (χ0n) is 9.20. The summed E-state index contributed by atoms with van der Waals surface area (Å²) < 4.78 is 6.72. The van der Waals surface area contributed by atoms with E-state index >= 15 is 0 Å². The molecule has 1 atom stereocenters. The SMILES string of the molecule is COCC(CCO)NC(=O)c1cc(Br)c(Br)s1. The molecule has 0 aliphatic rings. The second kappa shape index (κ2) is 7.48. The summed E-state index contributed by atoms with van der Waals surface area (Å²) in [4.78, 5) is 12.5. The van der Waals surface area contributed by atoms with E-state index in [1.165, 1.54) is 11.3 Å². The van der Waals surface area contributed by atoms with Crippen LogP contribution in [0.2, 0.25) is 0 Å². The van der Waals surface area contributed by atoms with E-state index in [2.05, 4.69) is 37.2 Å². The first kappa shape index (κ1) is 15.1. The lowest BCUT2D eigenvalue weighted by atomic mass is 10.2. The van der Waals surface area contributed by atoms with Crippen molar-refractivity contribution in [3.63, 3.8) is 0 Å². The zero-order valence-corrected chi connectivity index (χ0v) is 13.2. The van der Waals surface area contributed by atoms with Gasteiger partial charge in [-0.2, -0.15) is 0 Å². The Labute approximate surface area is 121 Å². The van der Waals surface area contributed by atoms with Gasteiger partial charge in [-0.25, -0.2) is 0 Å². The molecule has 1 heterocycles. The number of hydrogen-bond acceptors (Lipinski definition) is 4. The van der Waals surface area contributed by atoms with Crippen molar-refractivity contribution in [3.05, 3.63) is 19.2 Å². The number of carbonyl (C=O) groups excluding carboxylic acids is 1. The predicted molar refractivity (Wildman–Crippen MR) is 74.6 cm³/mol. The molecule has 0 saturated heterocycles. The van der Waals surface area contributed by atoms with Crippen LogP contribution in [0, 0.1) is 0 Å². The van der Waals surface area contributed by atoms with Crippen LogP contribution in [0.4, 0.5) is 0 Å². The Morgan fingerprint density at radius 2 is 2.35 bits per heavy atom. The third-order valence-electron chi connectivity index (χ3n) is 2.05. The van der Waals surface area contributed by atoms with Gasteiger partial charge in [0.05, 0.1) is 21.3 Å². The molecule has 4 nitrogen and oxygen atoms in total. The first-order chi connectivity index (χ1) is 8.08. The van der Waals surface area contributed by atoms with E-state index in [4.69, 9.17) is 9.84 Å². The molecule has 0 spiro atoms. The van der Waals surface area contributed by atoms with Crippen molar-refractivity contribution in [2.45, 2.75) is 12.5 Å². The molecular formula is C10H13Br2NO3S. The van der Waals surface area contributed by atoms with E-state index in [0.717, 1.165) is 8.26 Å². The highest BCUT2D eigenvalue weighted by Gasteiger charge is 2.16. The van der Waals surface area contributed by atoms with E-state index in [9.17, 15) is 4.79 Å². The number of hydrogen-bond donors (Lipinski definition) is 2. The maximum absolute atomic E-state index is 11.9. The lowest BCUT2D eigenvalue weighted by Crippen LogP contribution is -2.38. The van der Waals surface area contributed by atoms with Crippen LogP contribution in [0.5, 0.6) is 0 Å².